The molecule has 2 atom stereocenters. The maximum atomic E-state index is 13.7. The maximum absolute atomic E-state index is 13.7. The number of nitrogens with zero attached hydrogens (tertiary/aromatic N) is 1. The van der Waals surface area contributed by atoms with E-state index < -0.39 is 30.6 Å². The fourth-order valence-electron chi connectivity index (χ4n) is 3.69. The quantitative estimate of drug-likeness (QED) is 0.211. The largest absolute Gasteiger partial charge is 0.399 e. The molecule has 0 aromatic heterocycles. The number of carbonyl (C=O) groups excluding carboxylic acids is 1. The number of allylic oxidation sites excluding steroid dienone is 1. The Hall–Kier alpha value is -2.03. The second-order valence-electron chi connectivity index (χ2n) is 7.74. The van der Waals surface area contributed by atoms with Crippen molar-refractivity contribution in [2.45, 2.75) is 43.5 Å². The van der Waals surface area contributed by atoms with Crippen molar-refractivity contribution in [1.82, 2.24) is 0 Å². The highest BCUT2D eigenvalue weighted by Crippen LogP contribution is 2.41. The van der Waals surface area contributed by atoms with Gasteiger partial charge in [0.1, 0.15) is 6.42 Å². The molecule has 0 aliphatic heterocycles. The van der Waals surface area contributed by atoms with Crippen LogP contribution in [0.5, 0.6) is 0 Å². The summed E-state index contributed by atoms with van der Waals surface area (Å²) in [5.41, 5.74) is 1.93. The van der Waals surface area contributed by atoms with Crippen molar-refractivity contribution >= 4 is 53.0 Å². The van der Waals surface area contributed by atoms with Gasteiger partial charge in [0, 0.05) is 12.1 Å². The van der Waals surface area contributed by atoms with Gasteiger partial charge in [-0.1, -0.05) is 65.2 Å². The Bertz CT molecular complexity index is 1120. The second kappa shape index (κ2) is 10.3. The van der Waals surface area contributed by atoms with E-state index in [1.807, 2.05) is 0 Å². The third-order valence-corrected chi connectivity index (χ3v) is 6.44. The summed E-state index contributed by atoms with van der Waals surface area (Å²) in [6.07, 6.45) is -6.28. The molecular formula is C23H16Cl3F6NO. The Balaban J connectivity index is 1.80. The lowest BCUT2D eigenvalue weighted by Gasteiger charge is -2.18. The highest BCUT2D eigenvalue weighted by atomic mass is 35.5. The summed E-state index contributed by atoms with van der Waals surface area (Å²) in [5, 5.41) is -0.217. The highest BCUT2D eigenvalue weighted by molar-refractivity contribution is 6.48. The molecule has 2 aromatic carbocycles. The first-order valence-electron chi connectivity index (χ1n) is 9.90. The Kier molecular flexibility index (Phi) is 8.05. The van der Waals surface area contributed by atoms with E-state index in [0.29, 0.717) is 18.4 Å². The van der Waals surface area contributed by atoms with E-state index in [4.69, 9.17) is 34.8 Å². The van der Waals surface area contributed by atoms with E-state index in [9.17, 15) is 31.1 Å². The number of benzene rings is 2. The molecule has 0 saturated carbocycles. The third kappa shape index (κ3) is 6.77. The average Bonchev–Trinajstić information content (AvgIpc) is 3.10. The number of hydrogen-bond donors (Lipinski definition) is 0. The maximum Gasteiger partial charge on any atom is 0.399 e. The molecule has 2 aromatic rings. The summed E-state index contributed by atoms with van der Waals surface area (Å²) in [4.78, 5) is 14.7. The van der Waals surface area contributed by atoms with Gasteiger partial charge in [-0.2, -0.15) is 26.3 Å². The van der Waals surface area contributed by atoms with Gasteiger partial charge < -0.3 is 0 Å². The zero-order valence-electron chi connectivity index (χ0n) is 17.2. The first-order valence-corrected chi connectivity index (χ1v) is 11.0. The fourth-order valence-corrected chi connectivity index (χ4v) is 4.30. The van der Waals surface area contributed by atoms with Gasteiger partial charge in [0.2, 0.25) is 0 Å². The molecule has 1 amide bonds. The zero-order chi connectivity index (χ0) is 25.3. The molecule has 1 aliphatic rings. The Morgan fingerprint density at radius 2 is 1.71 bits per heavy atom. The molecule has 11 heteroatoms. The fraction of sp³-hybridized carbons (Fsp3) is 0.304. The van der Waals surface area contributed by atoms with Crippen LogP contribution in [0.25, 0.3) is 6.08 Å². The van der Waals surface area contributed by atoms with Crippen LogP contribution in [-0.4, -0.2) is 24.5 Å². The molecule has 3 rings (SSSR count). The molecule has 0 heterocycles. The predicted molar refractivity (Wildman–Crippen MR) is 121 cm³/mol. The van der Waals surface area contributed by atoms with Crippen LogP contribution >= 0.6 is 34.8 Å². The molecule has 0 saturated heterocycles. The van der Waals surface area contributed by atoms with Gasteiger partial charge in [-0.05, 0) is 47.2 Å². The standard InChI is InChI=1S/C23H16Cl3F6NO/c24-18-8-15(9-19(25)21(18)26)17(23(30,31)32)6-2-12-1-5-16-13(7-12)3-4-14(16)11-33-20(34)10-22(27,28)29/h1-2,5-9,11,14,17H,3-4,10H2/b6-2+,33-11?. The zero-order valence-corrected chi connectivity index (χ0v) is 19.4. The van der Waals surface area contributed by atoms with Crippen molar-refractivity contribution in [3.63, 3.8) is 0 Å². The topological polar surface area (TPSA) is 29.4 Å². The van der Waals surface area contributed by atoms with Crippen LogP contribution in [0, 0.1) is 0 Å². The van der Waals surface area contributed by atoms with Crippen LogP contribution in [0.2, 0.25) is 15.1 Å². The molecule has 0 spiro atoms. The number of amides is 1. The van der Waals surface area contributed by atoms with E-state index in [1.165, 1.54) is 12.3 Å². The Morgan fingerprint density at radius 3 is 2.29 bits per heavy atom. The molecule has 0 N–H and O–H groups in total. The van der Waals surface area contributed by atoms with E-state index in [1.54, 1.807) is 18.2 Å². The van der Waals surface area contributed by atoms with Crippen LogP contribution in [0.4, 0.5) is 26.3 Å². The van der Waals surface area contributed by atoms with E-state index in [2.05, 4.69) is 4.99 Å². The normalized spacial score (nSPS) is 17.5. The molecule has 0 radical (unpaired) electrons. The lowest BCUT2D eigenvalue weighted by molar-refractivity contribution is -0.151. The summed E-state index contributed by atoms with van der Waals surface area (Å²) in [6, 6.07) is 7.20. The molecule has 1 aliphatic carbocycles. The minimum atomic E-state index is -4.62. The van der Waals surface area contributed by atoms with E-state index in [-0.39, 0.29) is 26.5 Å². The van der Waals surface area contributed by atoms with Crippen LogP contribution < -0.4 is 0 Å². The van der Waals surface area contributed by atoms with E-state index in [0.717, 1.165) is 29.3 Å². The van der Waals surface area contributed by atoms with Crippen molar-refractivity contribution in [2.24, 2.45) is 4.99 Å². The van der Waals surface area contributed by atoms with Gasteiger partial charge in [0.05, 0.1) is 21.0 Å². The van der Waals surface area contributed by atoms with Crippen molar-refractivity contribution in [3.05, 3.63) is 73.7 Å². The summed E-state index contributed by atoms with van der Waals surface area (Å²) in [5.74, 6) is -3.60. The summed E-state index contributed by atoms with van der Waals surface area (Å²) < 4.78 is 77.9. The average molecular weight is 543 g/mol. The third-order valence-electron chi connectivity index (χ3n) is 5.24. The molecular weight excluding hydrogens is 527 g/mol. The second-order valence-corrected chi connectivity index (χ2v) is 8.94. The van der Waals surface area contributed by atoms with Gasteiger partial charge in [-0.25, -0.2) is 4.99 Å². The lowest BCUT2D eigenvalue weighted by Crippen LogP contribution is -2.19. The smallest absolute Gasteiger partial charge is 0.272 e. The molecule has 0 bridgehead atoms. The monoisotopic (exact) mass is 541 g/mol. The van der Waals surface area contributed by atoms with Crippen LogP contribution in [0.3, 0.4) is 0 Å². The number of aliphatic imine (C=N–C) groups is 1. The SMILES string of the molecule is O=C(CC(F)(F)F)N=CC1CCc2cc(/C=C/C(c3cc(Cl)c(Cl)c(Cl)c3)C(F)(F)F)ccc21. The number of alkyl halides is 6. The van der Waals surface area contributed by atoms with Gasteiger partial charge >= 0.3 is 12.4 Å². The first kappa shape index (κ1) is 26.6. The minimum Gasteiger partial charge on any atom is -0.272 e. The lowest BCUT2D eigenvalue weighted by atomic mass is 9.96. The van der Waals surface area contributed by atoms with Crippen molar-refractivity contribution in [1.29, 1.82) is 0 Å². The van der Waals surface area contributed by atoms with Crippen LogP contribution in [-0.2, 0) is 11.2 Å². The number of hydrogen-bond acceptors (Lipinski definition) is 1. The molecule has 2 nitrogen and oxygen atoms in total. The van der Waals surface area contributed by atoms with Gasteiger partial charge in [-0.3, -0.25) is 4.79 Å². The number of fused-ring (bicyclic) bond motifs is 1. The molecule has 2 unspecified atom stereocenters. The van der Waals surface area contributed by atoms with Crippen molar-refractivity contribution in [2.75, 3.05) is 0 Å². The van der Waals surface area contributed by atoms with Gasteiger partial charge in [0.25, 0.3) is 5.91 Å². The Labute approximate surface area is 206 Å². The summed E-state index contributed by atoms with van der Waals surface area (Å²) in [6.45, 7) is 0. The van der Waals surface area contributed by atoms with Gasteiger partial charge in [-0.15, -0.1) is 0 Å². The number of rotatable bonds is 5. The number of carbonyl (C=O) groups is 1. The number of halogens is 9. The predicted octanol–water partition coefficient (Wildman–Crippen LogP) is 8.59. The van der Waals surface area contributed by atoms with Crippen molar-refractivity contribution in [3.8, 4) is 0 Å². The van der Waals surface area contributed by atoms with Gasteiger partial charge in [0.15, 0.2) is 0 Å². The van der Waals surface area contributed by atoms with Crippen LogP contribution in [0.15, 0.2) is 41.4 Å². The van der Waals surface area contributed by atoms with E-state index >= 15 is 0 Å². The molecule has 0 fully saturated rings. The van der Waals surface area contributed by atoms with Crippen molar-refractivity contribution < 1.29 is 31.1 Å². The first-order chi connectivity index (χ1) is 15.7. The summed E-state index contributed by atoms with van der Waals surface area (Å²) in [7, 11) is 0. The number of aryl methyl sites for hydroxylation is 1. The molecule has 34 heavy (non-hydrogen) atoms. The summed E-state index contributed by atoms with van der Waals surface area (Å²) >= 11 is 17.6. The molecule has 182 valence electrons. The highest BCUT2D eigenvalue weighted by Gasteiger charge is 2.39. The van der Waals surface area contributed by atoms with Crippen LogP contribution in [0.1, 0.15) is 46.9 Å². The Morgan fingerprint density at radius 1 is 1.06 bits per heavy atom. The minimum absolute atomic E-state index is 0.0335.